The third-order valence-corrected chi connectivity index (χ3v) is 4.31. The number of nitrogens with two attached hydrogens (primary N) is 1. The molecule has 0 fully saturated rings. The maximum Gasteiger partial charge on any atom is 0.273 e. The number of methoxy groups -OCH3 is 1. The number of hydrogen-bond acceptors (Lipinski definition) is 5. The van der Waals surface area contributed by atoms with Gasteiger partial charge in [-0.05, 0) is 18.2 Å². The summed E-state index contributed by atoms with van der Waals surface area (Å²) in [6.45, 7) is 0.790. The first-order valence-electron chi connectivity index (χ1n) is 6.27. The zero-order valence-electron chi connectivity index (χ0n) is 12.2. The smallest absolute Gasteiger partial charge is 0.273 e. The quantitative estimate of drug-likeness (QED) is 0.828. The second-order valence-electron chi connectivity index (χ2n) is 4.45. The fourth-order valence-corrected chi connectivity index (χ4v) is 2.95. The van der Waals surface area contributed by atoms with Crippen molar-refractivity contribution in [2.24, 2.45) is 5.73 Å². The van der Waals surface area contributed by atoms with Crippen molar-refractivity contribution in [3.05, 3.63) is 44.3 Å². The Balaban J connectivity index is 0.00000242. The van der Waals surface area contributed by atoms with Gasteiger partial charge in [0.05, 0.1) is 7.11 Å². The number of halogens is 2. The normalized spacial score (nSPS) is 10.0. The second-order valence-corrected chi connectivity index (χ2v) is 6.31. The zero-order chi connectivity index (χ0) is 15.4. The molecule has 0 saturated heterocycles. The first-order valence-corrected chi connectivity index (χ1v) is 7.94. The number of benzene rings is 1. The van der Waals surface area contributed by atoms with E-state index in [2.05, 4.69) is 20.9 Å². The molecule has 1 aromatic heterocycles. The van der Waals surface area contributed by atoms with Crippen molar-refractivity contribution in [3.63, 3.8) is 0 Å². The summed E-state index contributed by atoms with van der Waals surface area (Å²) >= 11 is 4.82. The van der Waals surface area contributed by atoms with Gasteiger partial charge in [0.1, 0.15) is 16.5 Å². The van der Waals surface area contributed by atoms with Crippen molar-refractivity contribution in [3.8, 4) is 5.75 Å². The molecule has 2 N–H and O–H groups in total. The molecule has 0 saturated carbocycles. The molecule has 2 rings (SSSR count). The van der Waals surface area contributed by atoms with Crippen molar-refractivity contribution >= 4 is 45.6 Å². The minimum atomic E-state index is -0.132. The predicted molar refractivity (Wildman–Crippen MR) is 93.7 cm³/mol. The van der Waals surface area contributed by atoms with Gasteiger partial charge in [-0.1, -0.05) is 15.9 Å². The Morgan fingerprint density at radius 1 is 1.50 bits per heavy atom. The zero-order valence-corrected chi connectivity index (χ0v) is 15.4. The molecule has 0 unspecified atom stereocenters. The highest BCUT2D eigenvalue weighted by atomic mass is 79.9. The van der Waals surface area contributed by atoms with Gasteiger partial charge in [-0.2, -0.15) is 0 Å². The highest BCUT2D eigenvalue weighted by Gasteiger charge is 2.17. The molecule has 5 nitrogen and oxygen atoms in total. The average Bonchev–Trinajstić information content (AvgIpc) is 2.95. The Morgan fingerprint density at radius 3 is 2.82 bits per heavy atom. The van der Waals surface area contributed by atoms with E-state index in [1.807, 2.05) is 18.2 Å². The maximum atomic E-state index is 12.3. The van der Waals surface area contributed by atoms with Crippen LogP contribution in [-0.4, -0.2) is 29.9 Å². The van der Waals surface area contributed by atoms with Gasteiger partial charge in [-0.25, -0.2) is 4.98 Å². The fourth-order valence-electron chi connectivity index (χ4n) is 1.90. The van der Waals surface area contributed by atoms with Crippen LogP contribution in [0.15, 0.2) is 28.1 Å². The van der Waals surface area contributed by atoms with Crippen LogP contribution in [0, 0.1) is 0 Å². The van der Waals surface area contributed by atoms with E-state index < -0.39 is 0 Å². The lowest BCUT2D eigenvalue weighted by atomic mass is 10.2. The summed E-state index contributed by atoms with van der Waals surface area (Å²) in [5.41, 5.74) is 6.87. The molecule has 0 atom stereocenters. The first-order chi connectivity index (χ1) is 10.0. The number of aromatic nitrogens is 1. The van der Waals surface area contributed by atoms with Crippen LogP contribution in [0.4, 0.5) is 0 Å². The van der Waals surface area contributed by atoms with E-state index in [4.69, 9.17) is 10.5 Å². The molecular weight excluding hydrogens is 390 g/mol. The summed E-state index contributed by atoms with van der Waals surface area (Å²) in [6, 6.07) is 5.71. The summed E-state index contributed by atoms with van der Waals surface area (Å²) in [6.07, 6.45) is 0. The van der Waals surface area contributed by atoms with Gasteiger partial charge in [0.25, 0.3) is 5.91 Å². The van der Waals surface area contributed by atoms with E-state index in [-0.39, 0.29) is 18.3 Å². The average molecular weight is 407 g/mol. The summed E-state index contributed by atoms with van der Waals surface area (Å²) in [5, 5.41) is 2.49. The van der Waals surface area contributed by atoms with Crippen LogP contribution >= 0.6 is 39.7 Å². The van der Waals surface area contributed by atoms with Gasteiger partial charge in [0, 0.05) is 35.6 Å². The summed E-state index contributed by atoms with van der Waals surface area (Å²) in [7, 11) is 3.35. The SMILES string of the molecule is COc1ccc(Br)cc1CN(C)C(=O)c1csc(CN)n1.Cl. The Labute approximate surface area is 148 Å². The van der Waals surface area contributed by atoms with Gasteiger partial charge < -0.3 is 15.4 Å². The van der Waals surface area contributed by atoms with Crippen molar-refractivity contribution in [2.75, 3.05) is 14.2 Å². The topological polar surface area (TPSA) is 68.5 Å². The van der Waals surface area contributed by atoms with Gasteiger partial charge >= 0.3 is 0 Å². The molecule has 0 aliphatic rings. The minimum absolute atomic E-state index is 0. The Bertz CT molecular complexity index is 651. The molecule has 120 valence electrons. The highest BCUT2D eigenvalue weighted by Crippen LogP contribution is 2.24. The van der Waals surface area contributed by atoms with Crippen LogP contribution in [0.5, 0.6) is 5.75 Å². The van der Waals surface area contributed by atoms with Crippen molar-refractivity contribution in [1.29, 1.82) is 0 Å². The molecule has 2 aromatic rings. The van der Waals surface area contributed by atoms with Crippen LogP contribution in [0.25, 0.3) is 0 Å². The number of rotatable bonds is 5. The van der Waals surface area contributed by atoms with Crippen LogP contribution in [0.2, 0.25) is 0 Å². The molecule has 1 amide bonds. The number of hydrogen-bond donors (Lipinski definition) is 1. The molecule has 0 aliphatic carbocycles. The molecule has 22 heavy (non-hydrogen) atoms. The van der Waals surface area contributed by atoms with Crippen LogP contribution in [0.1, 0.15) is 21.1 Å². The Kier molecular flexibility index (Phi) is 7.28. The van der Waals surface area contributed by atoms with Gasteiger partial charge in [0.2, 0.25) is 0 Å². The van der Waals surface area contributed by atoms with Gasteiger partial charge in [-0.15, -0.1) is 23.7 Å². The van der Waals surface area contributed by atoms with Gasteiger partial charge in [0.15, 0.2) is 0 Å². The van der Waals surface area contributed by atoms with Crippen molar-refractivity contribution in [1.82, 2.24) is 9.88 Å². The molecule has 0 radical (unpaired) electrons. The third-order valence-electron chi connectivity index (χ3n) is 2.94. The standard InChI is InChI=1S/C14H16BrN3O2S.ClH/c1-18(14(19)11-8-21-13(6-16)17-11)7-9-5-10(15)3-4-12(9)20-2;/h3-5,8H,6-7,16H2,1-2H3;1H. The maximum absolute atomic E-state index is 12.3. The number of amides is 1. The van der Waals surface area contributed by atoms with E-state index in [0.29, 0.717) is 18.8 Å². The van der Waals surface area contributed by atoms with E-state index in [0.717, 1.165) is 20.8 Å². The van der Waals surface area contributed by atoms with Crippen LogP contribution < -0.4 is 10.5 Å². The first kappa shape index (κ1) is 18.9. The molecule has 1 aromatic carbocycles. The predicted octanol–water partition coefficient (Wildman–Crippen LogP) is 3.07. The lowest BCUT2D eigenvalue weighted by Crippen LogP contribution is -2.26. The minimum Gasteiger partial charge on any atom is -0.496 e. The number of thiazole rings is 1. The molecule has 0 bridgehead atoms. The number of carbonyl (C=O) groups excluding carboxylic acids is 1. The second kappa shape index (κ2) is 8.47. The lowest BCUT2D eigenvalue weighted by Gasteiger charge is -2.18. The van der Waals surface area contributed by atoms with Crippen molar-refractivity contribution < 1.29 is 9.53 Å². The number of carbonyl (C=O) groups is 1. The van der Waals surface area contributed by atoms with Crippen LogP contribution in [0.3, 0.4) is 0 Å². The Morgan fingerprint density at radius 2 is 2.23 bits per heavy atom. The molecule has 8 heteroatoms. The Hall–Kier alpha value is -1.15. The van der Waals surface area contributed by atoms with E-state index in [1.165, 1.54) is 11.3 Å². The van der Waals surface area contributed by atoms with Crippen molar-refractivity contribution in [2.45, 2.75) is 13.1 Å². The van der Waals surface area contributed by atoms with E-state index in [9.17, 15) is 4.79 Å². The molecular formula is C14H17BrClN3O2S. The molecule has 1 heterocycles. The third kappa shape index (κ3) is 4.42. The largest absolute Gasteiger partial charge is 0.496 e. The van der Waals surface area contributed by atoms with E-state index >= 15 is 0 Å². The highest BCUT2D eigenvalue weighted by molar-refractivity contribution is 9.10. The molecule has 0 aliphatic heterocycles. The number of nitrogens with zero attached hydrogens (tertiary/aromatic N) is 2. The summed E-state index contributed by atoms with van der Waals surface area (Å²) in [5.74, 6) is 0.617. The summed E-state index contributed by atoms with van der Waals surface area (Å²) in [4.78, 5) is 18.2. The lowest BCUT2D eigenvalue weighted by molar-refractivity contribution is 0.0779. The van der Waals surface area contributed by atoms with Gasteiger partial charge in [-0.3, -0.25) is 4.79 Å². The fraction of sp³-hybridized carbons (Fsp3) is 0.286. The molecule has 0 spiro atoms. The number of ether oxygens (including phenoxy) is 1. The summed E-state index contributed by atoms with van der Waals surface area (Å²) < 4.78 is 6.26. The van der Waals surface area contributed by atoms with E-state index in [1.54, 1.807) is 24.4 Å². The van der Waals surface area contributed by atoms with Crippen LogP contribution in [-0.2, 0) is 13.1 Å². The monoisotopic (exact) mass is 405 g/mol.